The minimum Gasteiger partial charge on any atom is -0.491 e. The van der Waals surface area contributed by atoms with Crippen LogP contribution in [-0.4, -0.2) is 48.9 Å². The van der Waals surface area contributed by atoms with Gasteiger partial charge in [-0.2, -0.15) is 0 Å². The van der Waals surface area contributed by atoms with Crippen molar-refractivity contribution in [3.63, 3.8) is 0 Å². The average molecular weight is 319 g/mol. The molecule has 1 aliphatic heterocycles. The molecule has 1 fully saturated rings. The molecule has 1 aliphatic carbocycles. The standard InChI is InChI=1S/C18H25NO4/c1-22-16(13-5-2-3-6-13)12-19-9-10-23-17-14(11-19)7-4-8-15(17)18(20)21/h4,7-8,13,16H,2-3,5-6,9-12H2,1H3,(H,20,21). The predicted octanol–water partition coefficient (Wildman–Crippen LogP) is 2.78. The number of rotatable bonds is 5. The lowest BCUT2D eigenvalue weighted by atomic mass is 10.00. The summed E-state index contributed by atoms with van der Waals surface area (Å²) in [6, 6.07) is 5.35. The lowest BCUT2D eigenvalue weighted by Crippen LogP contribution is -2.38. The van der Waals surface area contributed by atoms with Gasteiger partial charge in [-0.3, -0.25) is 4.90 Å². The Morgan fingerprint density at radius 1 is 1.43 bits per heavy atom. The van der Waals surface area contributed by atoms with Crippen LogP contribution >= 0.6 is 0 Å². The summed E-state index contributed by atoms with van der Waals surface area (Å²) in [7, 11) is 1.80. The molecule has 1 N–H and O–H groups in total. The van der Waals surface area contributed by atoms with E-state index in [0.717, 1.165) is 18.7 Å². The van der Waals surface area contributed by atoms with Crippen LogP contribution in [0.15, 0.2) is 18.2 Å². The first-order chi connectivity index (χ1) is 11.2. The summed E-state index contributed by atoms with van der Waals surface area (Å²) >= 11 is 0. The molecule has 1 aromatic carbocycles. The van der Waals surface area contributed by atoms with E-state index in [0.29, 0.717) is 24.8 Å². The quantitative estimate of drug-likeness (QED) is 0.904. The summed E-state index contributed by atoms with van der Waals surface area (Å²) in [5, 5.41) is 9.31. The molecule has 1 aromatic rings. The van der Waals surface area contributed by atoms with Gasteiger partial charge in [0.1, 0.15) is 17.9 Å². The average Bonchev–Trinajstić information content (AvgIpc) is 2.99. The second-order valence-electron chi connectivity index (χ2n) is 6.50. The van der Waals surface area contributed by atoms with E-state index < -0.39 is 5.97 Å². The monoisotopic (exact) mass is 319 g/mol. The fourth-order valence-electron chi connectivity index (χ4n) is 3.80. The van der Waals surface area contributed by atoms with Gasteiger partial charge in [-0.05, 0) is 24.8 Å². The molecule has 0 bridgehead atoms. The summed E-state index contributed by atoms with van der Waals surface area (Å²) in [5.74, 6) is 0.238. The Balaban J connectivity index is 1.73. The van der Waals surface area contributed by atoms with E-state index in [1.807, 2.05) is 6.07 Å². The lowest BCUT2D eigenvalue weighted by Gasteiger charge is -2.28. The van der Waals surface area contributed by atoms with Crippen molar-refractivity contribution in [2.75, 3.05) is 26.8 Å². The molecule has 126 valence electrons. The number of carbonyl (C=O) groups is 1. The molecule has 0 radical (unpaired) electrons. The first-order valence-corrected chi connectivity index (χ1v) is 8.42. The molecule has 0 amide bonds. The van der Waals surface area contributed by atoms with Crippen LogP contribution in [0.3, 0.4) is 0 Å². The Kier molecular flexibility index (Phi) is 5.18. The van der Waals surface area contributed by atoms with Gasteiger partial charge in [0, 0.05) is 32.3 Å². The molecule has 1 unspecified atom stereocenters. The number of hydrogen-bond acceptors (Lipinski definition) is 4. The van der Waals surface area contributed by atoms with E-state index in [9.17, 15) is 9.90 Å². The van der Waals surface area contributed by atoms with Gasteiger partial charge in [-0.15, -0.1) is 0 Å². The maximum absolute atomic E-state index is 11.4. The van der Waals surface area contributed by atoms with E-state index in [1.54, 1.807) is 19.2 Å². The van der Waals surface area contributed by atoms with E-state index in [-0.39, 0.29) is 11.7 Å². The fourth-order valence-corrected chi connectivity index (χ4v) is 3.80. The van der Waals surface area contributed by atoms with Gasteiger partial charge in [-0.1, -0.05) is 25.0 Å². The van der Waals surface area contributed by atoms with Gasteiger partial charge in [0.2, 0.25) is 0 Å². The second kappa shape index (κ2) is 7.32. The van der Waals surface area contributed by atoms with Crippen LogP contribution in [0.5, 0.6) is 5.75 Å². The van der Waals surface area contributed by atoms with E-state index in [4.69, 9.17) is 9.47 Å². The number of fused-ring (bicyclic) bond motifs is 1. The molecule has 5 heteroatoms. The molecule has 23 heavy (non-hydrogen) atoms. The molecule has 0 spiro atoms. The maximum Gasteiger partial charge on any atom is 0.339 e. The number of para-hydroxylation sites is 1. The van der Waals surface area contributed by atoms with Crippen LogP contribution in [0.1, 0.15) is 41.6 Å². The number of aromatic carboxylic acids is 1. The van der Waals surface area contributed by atoms with Crippen LogP contribution in [0, 0.1) is 5.92 Å². The number of carboxylic acids is 1. The Bertz CT molecular complexity index is 554. The highest BCUT2D eigenvalue weighted by atomic mass is 16.5. The van der Waals surface area contributed by atoms with E-state index >= 15 is 0 Å². The molecule has 0 aromatic heterocycles. The molecule has 1 atom stereocenters. The number of nitrogens with zero attached hydrogens (tertiary/aromatic N) is 1. The van der Waals surface area contributed by atoms with Gasteiger partial charge in [-0.25, -0.2) is 4.79 Å². The van der Waals surface area contributed by atoms with Crippen molar-refractivity contribution in [2.45, 2.75) is 38.3 Å². The molecule has 5 nitrogen and oxygen atoms in total. The van der Waals surface area contributed by atoms with Gasteiger partial charge in [0.25, 0.3) is 0 Å². The first kappa shape index (κ1) is 16.3. The van der Waals surface area contributed by atoms with Crippen molar-refractivity contribution in [3.05, 3.63) is 29.3 Å². The van der Waals surface area contributed by atoms with Crippen molar-refractivity contribution < 1.29 is 19.4 Å². The topological polar surface area (TPSA) is 59.0 Å². The zero-order chi connectivity index (χ0) is 16.2. The molecular formula is C18H25NO4. The van der Waals surface area contributed by atoms with Gasteiger partial charge in [0.15, 0.2) is 0 Å². The van der Waals surface area contributed by atoms with Crippen LogP contribution in [0.4, 0.5) is 0 Å². The smallest absolute Gasteiger partial charge is 0.339 e. The van der Waals surface area contributed by atoms with Crippen LogP contribution < -0.4 is 4.74 Å². The minimum absolute atomic E-state index is 0.252. The van der Waals surface area contributed by atoms with E-state index in [2.05, 4.69) is 4.90 Å². The van der Waals surface area contributed by atoms with Crippen LogP contribution in [0.2, 0.25) is 0 Å². The molecule has 1 saturated carbocycles. The van der Waals surface area contributed by atoms with Crippen molar-refractivity contribution in [1.82, 2.24) is 4.90 Å². The third-order valence-electron chi connectivity index (χ3n) is 5.04. The molecule has 3 rings (SSSR count). The summed E-state index contributed by atoms with van der Waals surface area (Å²) in [6.07, 6.45) is 5.36. The van der Waals surface area contributed by atoms with E-state index in [1.165, 1.54) is 25.7 Å². The Labute approximate surface area is 137 Å². The summed E-state index contributed by atoms with van der Waals surface area (Å²) in [5.41, 5.74) is 1.20. The minimum atomic E-state index is -0.934. The number of ether oxygens (including phenoxy) is 2. The van der Waals surface area contributed by atoms with Crippen LogP contribution in [0.25, 0.3) is 0 Å². The van der Waals surface area contributed by atoms with Crippen molar-refractivity contribution in [1.29, 1.82) is 0 Å². The highest BCUT2D eigenvalue weighted by Gasteiger charge is 2.28. The maximum atomic E-state index is 11.4. The zero-order valence-electron chi connectivity index (χ0n) is 13.7. The lowest BCUT2D eigenvalue weighted by molar-refractivity contribution is 0.0204. The number of carboxylic acid groups (broad SMARTS) is 1. The third-order valence-corrected chi connectivity index (χ3v) is 5.04. The van der Waals surface area contributed by atoms with Gasteiger partial charge in [0.05, 0.1) is 6.10 Å². The Hall–Kier alpha value is -1.59. The van der Waals surface area contributed by atoms with Crippen molar-refractivity contribution in [2.24, 2.45) is 5.92 Å². The van der Waals surface area contributed by atoms with Gasteiger partial charge < -0.3 is 14.6 Å². The third kappa shape index (κ3) is 3.67. The normalized spacial score (nSPS) is 20.6. The number of benzene rings is 1. The first-order valence-electron chi connectivity index (χ1n) is 8.42. The SMILES string of the molecule is COC(CN1CCOc2c(cccc2C(=O)O)C1)C1CCCC1. The largest absolute Gasteiger partial charge is 0.491 e. The highest BCUT2D eigenvalue weighted by molar-refractivity contribution is 5.91. The number of hydrogen-bond donors (Lipinski definition) is 1. The second-order valence-corrected chi connectivity index (χ2v) is 6.50. The van der Waals surface area contributed by atoms with Gasteiger partial charge >= 0.3 is 5.97 Å². The highest BCUT2D eigenvalue weighted by Crippen LogP contribution is 2.31. The summed E-state index contributed by atoms with van der Waals surface area (Å²) in [6.45, 7) is 2.89. The summed E-state index contributed by atoms with van der Waals surface area (Å²) in [4.78, 5) is 13.7. The fraction of sp³-hybridized carbons (Fsp3) is 0.611. The Morgan fingerprint density at radius 3 is 2.91 bits per heavy atom. The zero-order valence-corrected chi connectivity index (χ0v) is 13.7. The summed E-state index contributed by atoms with van der Waals surface area (Å²) < 4.78 is 11.5. The molecular weight excluding hydrogens is 294 g/mol. The van der Waals surface area contributed by atoms with Crippen LogP contribution in [-0.2, 0) is 11.3 Å². The predicted molar refractivity (Wildman–Crippen MR) is 86.9 cm³/mol. The Morgan fingerprint density at radius 2 is 2.22 bits per heavy atom. The molecule has 1 heterocycles. The number of methoxy groups -OCH3 is 1. The van der Waals surface area contributed by atoms with Crippen molar-refractivity contribution >= 4 is 5.97 Å². The molecule has 2 aliphatic rings. The van der Waals surface area contributed by atoms with Crippen molar-refractivity contribution in [3.8, 4) is 5.75 Å². The molecule has 0 saturated heterocycles.